The third-order valence-corrected chi connectivity index (χ3v) is 6.49. The molecule has 1 atom stereocenters. The van der Waals surface area contributed by atoms with Gasteiger partial charge < -0.3 is 9.64 Å². The summed E-state index contributed by atoms with van der Waals surface area (Å²) in [6.45, 7) is 8.27. The molecule has 1 aliphatic rings. The molecule has 1 aliphatic heterocycles. The zero-order valence-electron chi connectivity index (χ0n) is 16.1. The van der Waals surface area contributed by atoms with E-state index in [2.05, 4.69) is 4.37 Å². The highest BCUT2D eigenvalue weighted by Crippen LogP contribution is 2.40. The van der Waals surface area contributed by atoms with Crippen LogP contribution in [-0.2, 0) is 4.74 Å². The molecule has 2 amide bonds. The van der Waals surface area contributed by atoms with Gasteiger partial charge in [-0.15, -0.1) is 0 Å². The van der Waals surface area contributed by atoms with Gasteiger partial charge in [-0.05, 0) is 62.0 Å². The zero-order chi connectivity index (χ0) is 20.6. The lowest BCUT2D eigenvalue weighted by molar-refractivity contribution is 0.0978. The van der Waals surface area contributed by atoms with E-state index >= 15 is 0 Å². The molecule has 9 heteroatoms. The fraction of sp³-hybridized carbons (Fsp3) is 0.421. The number of ether oxygens (including phenoxy) is 1. The van der Waals surface area contributed by atoms with E-state index in [9.17, 15) is 9.59 Å². The van der Waals surface area contributed by atoms with Crippen molar-refractivity contribution in [1.82, 2.24) is 4.37 Å². The Labute approximate surface area is 178 Å². The van der Waals surface area contributed by atoms with Crippen molar-refractivity contribution in [3.05, 3.63) is 38.3 Å². The standard InChI is InChI=1S/C19H21Cl2N3O3S/c1-5-12-9-23(18(25)16-15(20)17(21)28-22-16)13-7-10(3)11(4)8-14(13)24(12)19(26)27-6-2/h7-8,12H,5-6,9H2,1-4H3. The highest BCUT2D eigenvalue weighted by Gasteiger charge is 2.38. The van der Waals surface area contributed by atoms with Crippen LogP contribution in [0.5, 0.6) is 0 Å². The van der Waals surface area contributed by atoms with Crippen LogP contribution in [0.25, 0.3) is 0 Å². The number of aromatic nitrogens is 1. The Morgan fingerprint density at radius 3 is 2.39 bits per heavy atom. The first-order valence-electron chi connectivity index (χ1n) is 8.99. The zero-order valence-corrected chi connectivity index (χ0v) is 18.4. The number of halogens is 2. The van der Waals surface area contributed by atoms with Gasteiger partial charge >= 0.3 is 6.09 Å². The van der Waals surface area contributed by atoms with Crippen LogP contribution in [0.2, 0.25) is 9.36 Å². The van der Waals surface area contributed by atoms with Crippen LogP contribution >= 0.6 is 34.7 Å². The molecule has 150 valence electrons. The van der Waals surface area contributed by atoms with E-state index < -0.39 is 6.09 Å². The number of benzene rings is 1. The largest absolute Gasteiger partial charge is 0.449 e. The quantitative estimate of drug-likeness (QED) is 0.633. The predicted molar refractivity (Wildman–Crippen MR) is 113 cm³/mol. The number of aryl methyl sites for hydroxylation is 2. The van der Waals surface area contributed by atoms with Crippen LogP contribution in [0, 0.1) is 13.8 Å². The highest BCUT2D eigenvalue weighted by atomic mass is 35.5. The van der Waals surface area contributed by atoms with Gasteiger partial charge in [-0.2, -0.15) is 4.37 Å². The molecule has 2 aromatic rings. The molecule has 0 N–H and O–H groups in total. The minimum atomic E-state index is -0.416. The monoisotopic (exact) mass is 441 g/mol. The second-order valence-corrected chi connectivity index (χ2v) is 8.34. The molecule has 0 saturated heterocycles. The van der Waals surface area contributed by atoms with Crippen molar-refractivity contribution in [1.29, 1.82) is 0 Å². The summed E-state index contributed by atoms with van der Waals surface area (Å²) in [5.41, 5.74) is 3.43. The minimum absolute atomic E-state index is 0.125. The number of amides is 2. The maximum atomic E-state index is 13.2. The van der Waals surface area contributed by atoms with Gasteiger partial charge in [-0.1, -0.05) is 30.1 Å². The number of hydrogen-bond donors (Lipinski definition) is 0. The summed E-state index contributed by atoms with van der Waals surface area (Å²) in [5, 5.41) is 0.155. The van der Waals surface area contributed by atoms with Gasteiger partial charge in [0.05, 0.1) is 24.0 Å². The lowest BCUT2D eigenvalue weighted by atomic mass is 10.00. The first-order chi connectivity index (χ1) is 13.3. The predicted octanol–water partition coefficient (Wildman–Crippen LogP) is 5.47. The smallest absolute Gasteiger partial charge is 0.414 e. The van der Waals surface area contributed by atoms with Crippen molar-refractivity contribution in [2.75, 3.05) is 23.0 Å². The average Bonchev–Trinajstić information content (AvgIpc) is 3.00. The second kappa shape index (κ2) is 8.27. The molecule has 0 bridgehead atoms. The molecule has 0 spiro atoms. The van der Waals surface area contributed by atoms with E-state index in [1.165, 1.54) is 0 Å². The van der Waals surface area contributed by atoms with Gasteiger partial charge in [0.2, 0.25) is 0 Å². The van der Waals surface area contributed by atoms with Crippen LogP contribution in [-0.4, -0.2) is 35.6 Å². The number of anilines is 2. The molecule has 3 rings (SSSR count). The number of carbonyl (C=O) groups is 2. The molecular formula is C19H21Cl2N3O3S. The van der Waals surface area contributed by atoms with Crippen LogP contribution < -0.4 is 9.80 Å². The number of hydrogen-bond acceptors (Lipinski definition) is 5. The van der Waals surface area contributed by atoms with E-state index in [4.69, 9.17) is 27.9 Å². The molecule has 6 nitrogen and oxygen atoms in total. The summed E-state index contributed by atoms with van der Waals surface area (Å²) < 4.78 is 9.68. The van der Waals surface area contributed by atoms with E-state index in [1.807, 2.05) is 32.9 Å². The van der Waals surface area contributed by atoms with Crippen molar-refractivity contribution < 1.29 is 14.3 Å². The summed E-state index contributed by atoms with van der Waals surface area (Å²) in [7, 11) is 0. The lowest BCUT2D eigenvalue weighted by Gasteiger charge is -2.41. The Morgan fingerprint density at radius 1 is 1.21 bits per heavy atom. The van der Waals surface area contributed by atoms with Crippen molar-refractivity contribution in [2.45, 2.75) is 40.2 Å². The summed E-state index contributed by atoms with van der Waals surface area (Å²) in [5.74, 6) is -0.334. The molecular weight excluding hydrogens is 421 g/mol. The third-order valence-electron chi connectivity index (χ3n) is 4.88. The summed E-state index contributed by atoms with van der Waals surface area (Å²) in [6.07, 6.45) is 0.237. The molecule has 0 saturated carbocycles. The second-order valence-electron chi connectivity index (χ2n) is 6.59. The molecule has 1 aromatic carbocycles. The fourth-order valence-corrected chi connectivity index (χ4v) is 4.23. The Bertz CT molecular complexity index is 931. The summed E-state index contributed by atoms with van der Waals surface area (Å²) >= 11 is 13.2. The number of fused-ring (bicyclic) bond motifs is 1. The molecule has 0 radical (unpaired) electrons. The Kier molecular flexibility index (Phi) is 6.17. The normalized spacial score (nSPS) is 16.1. The van der Waals surface area contributed by atoms with Crippen LogP contribution in [0.1, 0.15) is 41.9 Å². The Hall–Kier alpha value is -1.83. The molecule has 28 heavy (non-hydrogen) atoms. The lowest BCUT2D eigenvalue weighted by Crippen LogP contribution is -2.53. The van der Waals surface area contributed by atoms with E-state index in [0.29, 0.717) is 24.3 Å². The topological polar surface area (TPSA) is 62.7 Å². The molecule has 0 aliphatic carbocycles. The highest BCUT2D eigenvalue weighted by molar-refractivity contribution is 7.11. The van der Waals surface area contributed by atoms with Crippen molar-refractivity contribution in [2.24, 2.45) is 0 Å². The van der Waals surface area contributed by atoms with Gasteiger partial charge in [0.1, 0.15) is 9.36 Å². The van der Waals surface area contributed by atoms with Crippen LogP contribution in [0.3, 0.4) is 0 Å². The van der Waals surface area contributed by atoms with E-state index in [0.717, 1.165) is 22.7 Å². The van der Waals surface area contributed by atoms with Gasteiger partial charge in [0.25, 0.3) is 5.91 Å². The third kappa shape index (κ3) is 3.58. The SMILES string of the molecule is CCOC(=O)N1c2cc(C)c(C)cc2N(C(=O)c2nsc(Cl)c2Cl)CC1CC. The van der Waals surface area contributed by atoms with Crippen LogP contribution in [0.15, 0.2) is 12.1 Å². The van der Waals surface area contributed by atoms with Crippen LogP contribution in [0.4, 0.5) is 16.2 Å². The minimum Gasteiger partial charge on any atom is -0.449 e. The first-order valence-corrected chi connectivity index (χ1v) is 10.5. The molecule has 1 aromatic heterocycles. The van der Waals surface area contributed by atoms with E-state index in [-0.39, 0.29) is 33.6 Å². The first kappa shape index (κ1) is 20.9. The van der Waals surface area contributed by atoms with E-state index in [1.54, 1.807) is 16.7 Å². The van der Waals surface area contributed by atoms with Crippen molar-refractivity contribution in [3.8, 4) is 0 Å². The Morgan fingerprint density at radius 2 is 1.86 bits per heavy atom. The number of rotatable bonds is 3. The fourth-order valence-electron chi connectivity index (χ4n) is 3.25. The van der Waals surface area contributed by atoms with Crippen molar-refractivity contribution in [3.63, 3.8) is 0 Å². The van der Waals surface area contributed by atoms with Gasteiger partial charge in [0, 0.05) is 6.54 Å². The number of nitrogens with zero attached hydrogens (tertiary/aromatic N) is 3. The maximum Gasteiger partial charge on any atom is 0.414 e. The van der Waals surface area contributed by atoms with Gasteiger partial charge in [-0.3, -0.25) is 9.69 Å². The molecule has 1 unspecified atom stereocenters. The van der Waals surface area contributed by atoms with Crippen molar-refractivity contribution >= 4 is 58.1 Å². The maximum absolute atomic E-state index is 13.2. The summed E-state index contributed by atoms with van der Waals surface area (Å²) in [4.78, 5) is 29.2. The Balaban J connectivity index is 2.14. The molecule has 2 heterocycles. The van der Waals surface area contributed by atoms with Gasteiger partial charge in [-0.25, -0.2) is 4.79 Å². The number of carbonyl (C=O) groups excluding carboxylic acids is 2. The summed E-state index contributed by atoms with van der Waals surface area (Å²) in [6, 6.07) is 3.59. The van der Waals surface area contributed by atoms with Gasteiger partial charge in [0.15, 0.2) is 5.69 Å². The molecule has 0 fully saturated rings. The average molecular weight is 442 g/mol.